The number of aromatic hydroxyl groups is 1. The van der Waals surface area contributed by atoms with Crippen molar-refractivity contribution in [1.29, 1.82) is 0 Å². The molecule has 0 saturated heterocycles. The van der Waals surface area contributed by atoms with Gasteiger partial charge in [-0.25, -0.2) is 4.98 Å². The number of aromatic nitrogens is 2. The van der Waals surface area contributed by atoms with Gasteiger partial charge in [-0.2, -0.15) is 0 Å². The molecule has 0 amide bonds. The Morgan fingerprint density at radius 2 is 2.26 bits per heavy atom. The highest BCUT2D eigenvalue weighted by atomic mass is 16.6. The first kappa shape index (κ1) is 12.9. The Labute approximate surface area is 109 Å². The number of benzene rings is 1. The summed E-state index contributed by atoms with van der Waals surface area (Å²) in [5.74, 6) is 0.629. The van der Waals surface area contributed by atoms with Crippen molar-refractivity contribution in [3.63, 3.8) is 0 Å². The zero-order valence-corrected chi connectivity index (χ0v) is 10.6. The Balaban J connectivity index is 2.29. The number of nitro benzene ring substituents is 1. The standard InChI is InChI=1S/C12H14N4O3/c1-8(12-13-5-6-15(12)2)14-10-4-3-9(17)7-11(10)16(18)19/h3-8,14,17H,1-2H3. The molecule has 7 heteroatoms. The van der Waals surface area contributed by atoms with Crippen molar-refractivity contribution in [3.05, 3.63) is 46.5 Å². The largest absolute Gasteiger partial charge is 0.508 e. The summed E-state index contributed by atoms with van der Waals surface area (Å²) in [6, 6.07) is 3.81. The number of nitrogens with zero attached hydrogens (tertiary/aromatic N) is 3. The smallest absolute Gasteiger partial charge is 0.296 e. The zero-order valence-electron chi connectivity index (χ0n) is 10.6. The third kappa shape index (κ3) is 2.65. The molecule has 0 aliphatic carbocycles. The number of phenolic OH excluding ortho intramolecular Hbond substituents is 1. The molecular formula is C12H14N4O3. The van der Waals surface area contributed by atoms with Crippen LogP contribution >= 0.6 is 0 Å². The summed E-state index contributed by atoms with van der Waals surface area (Å²) in [6.07, 6.45) is 3.47. The highest BCUT2D eigenvalue weighted by Crippen LogP contribution is 2.30. The Morgan fingerprint density at radius 3 is 2.84 bits per heavy atom. The van der Waals surface area contributed by atoms with E-state index in [4.69, 9.17) is 0 Å². The molecule has 100 valence electrons. The van der Waals surface area contributed by atoms with Crippen LogP contribution in [0.2, 0.25) is 0 Å². The molecule has 0 aliphatic rings. The summed E-state index contributed by atoms with van der Waals surface area (Å²) in [7, 11) is 1.85. The van der Waals surface area contributed by atoms with Gasteiger partial charge in [-0.1, -0.05) is 0 Å². The summed E-state index contributed by atoms with van der Waals surface area (Å²) < 4.78 is 1.84. The van der Waals surface area contributed by atoms with Crippen LogP contribution in [0.5, 0.6) is 5.75 Å². The minimum absolute atomic E-state index is 0.137. The Kier molecular flexibility index (Phi) is 3.37. The Bertz CT molecular complexity index is 609. The third-order valence-electron chi connectivity index (χ3n) is 2.80. The molecule has 0 bridgehead atoms. The van der Waals surface area contributed by atoms with E-state index in [0.29, 0.717) is 5.69 Å². The summed E-state index contributed by atoms with van der Waals surface area (Å²) in [5.41, 5.74) is 0.180. The van der Waals surface area contributed by atoms with Gasteiger partial charge in [0.1, 0.15) is 17.3 Å². The second-order valence-electron chi connectivity index (χ2n) is 4.22. The molecule has 0 aliphatic heterocycles. The van der Waals surface area contributed by atoms with Gasteiger partial charge in [0.25, 0.3) is 5.69 Å². The maximum Gasteiger partial charge on any atom is 0.296 e. The van der Waals surface area contributed by atoms with Crippen molar-refractivity contribution in [2.75, 3.05) is 5.32 Å². The first-order valence-electron chi connectivity index (χ1n) is 5.70. The van der Waals surface area contributed by atoms with Crippen LogP contribution in [0.15, 0.2) is 30.6 Å². The maximum atomic E-state index is 10.9. The van der Waals surface area contributed by atoms with Gasteiger partial charge in [-0.05, 0) is 19.1 Å². The molecule has 1 heterocycles. The van der Waals surface area contributed by atoms with E-state index in [0.717, 1.165) is 11.9 Å². The molecule has 2 N–H and O–H groups in total. The predicted molar refractivity (Wildman–Crippen MR) is 70.0 cm³/mol. The van der Waals surface area contributed by atoms with Crippen LogP contribution in [-0.4, -0.2) is 19.6 Å². The normalized spacial score (nSPS) is 12.1. The van der Waals surface area contributed by atoms with Crippen LogP contribution in [0.25, 0.3) is 0 Å². The van der Waals surface area contributed by atoms with Gasteiger partial charge in [-0.3, -0.25) is 10.1 Å². The zero-order chi connectivity index (χ0) is 14.0. The van der Waals surface area contributed by atoms with Crippen molar-refractivity contribution in [3.8, 4) is 5.75 Å². The summed E-state index contributed by atoms with van der Waals surface area (Å²) in [4.78, 5) is 14.6. The van der Waals surface area contributed by atoms with Crippen LogP contribution in [0.4, 0.5) is 11.4 Å². The number of nitrogens with one attached hydrogen (secondary N) is 1. The van der Waals surface area contributed by atoms with E-state index in [1.54, 1.807) is 12.4 Å². The van der Waals surface area contributed by atoms with E-state index < -0.39 is 4.92 Å². The fourth-order valence-corrected chi connectivity index (χ4v) is 1.89. The van der Waals surface area contributed by atoms with Gasteiger partial charge in [0.2, 0.25) is 0 Å². The van der Waals surface area contributed by atoms with Crippen LogP contribution in [0.3, 0.4) is 0 Å². The van der Waals surface area contributed by atoms with Crippen molar-refractivity contribution < 1.29 is 10.0 Å². The quantitative estimate of drug-likeness (QED) is 0.500. The molecule has 19 heavy (non-hydrogen) atoms. The molecule has 0 saturated carbocycles. The maximum absolute atomic E-state index is 10.9. The molecule has 1 aromatic carbocycles. The predicted octanol–water partition coefficient (Wildman–Crippen LogP) is 2.21. The van der Waals surface area contributed by atoms with Gasteiger partial charge in [0, 0.05) is 19.4 Å². The van der Waals surface area contributed by atoms with E-state index in [9.17, 15) is 15.2 Å². The first-order chi connectivity index (χ1) is 8.99. The average molecular weight is 262 g/mol. The summed E-state index contributed by atoms with van der Waals surface area (Å²) in [5, 5.41) is 23.3. The average Bonchev–Trinajstić information content (AvgIpc) is 2.77. The number of phenols is 1. The number of aryl methyl sites for hydroxylation is 1. The van der Waals surface area contributed by atoms with Gasteiger partial charge in [0.15, 0.2) is 0 Å². The molecular weight excluding hydrogens is 248 g/mol. The highest BCUT2D eigenvalue weighted by molar-refractivity contribution is 5.64. The number of hydrogen-bond donors (Lipinski definition) is 2. The molecule has 0 fully saturated rings. The second-order valence-corrected chi connectivity index (χ2v) is 4.22. The van der Waals surface area contributed by atoms with E-state index in [2.05, 4.69) is 10.3 Å². The topological polar surface area (TPSA) is 93.2 Å². The molecule has 1 unspecified atom stereocenters. The van der Waals surface area contributed by atoms with Crippen LogP contribution < -0.4 is 5.32 Å². The lowest BCUT2D eigenvalue weighted by Crippen LogP contribution is -2.12. The lowest BCUT2D eigenvalue weighted by atomic mass is 10.2. The molecule has 1 aromatic heterocycles. The van der Waals surface area contributed by atoms with Crippen molar-refractivity contribution in [2.45, 2.75) is 13.0 Å². The first-order valence-corrected chi connectivity index (χ1v) is 5.70. The molecule has 2 aromatic rings. The third-order valence-corrected chi connectivity index (χ3v) is 2.80. The fourth-order valence-electron chi connectivity index (χ4n) is 1.89. The summed E-state index contributed by atoms with van der Waals surface area (Å²) in [6.45, 7) is 1.86. The molecule has 0 radical (unpaired) electrons. The fraction of sp³-hybridized carbons (Fsp3) is 0.250. The lowest BCUT2D eigenvalue weighted by Gasteiger charge is -2.15. The van der Waals surface area contributed by atoms with Gasteiger partial charge >= 0.3 is 0 Å². The van der Waals surface area contributed by atoms with Crippen LogP contribution in [0, 0.1) is 10.1 Å². The highest BCUT2D eigenvalue weighted by Gasteiger charge is 2.18. The Morgan fingerprint density at radius 1 is 1.53 bits per heavy atom. The molecule has 7 nitrogen and oxygen atoms in total. The second kappa shape index (κ2) is 4.97. The van der Waals surface area contributed by atoms with Gasteiger partial charge in [0.05, 0.1) is 17.0 Å². The molecule has 0 spiro atoms. The minimum atomic E-state index is -0.535. The number of rotatable bonds is 4. The SMILES string of the molecule is CC(Nc1ccc(O)cc1[N+](=O)[O-])c1nccn1C. The van der Waals surface area contributed by atoms with Crippen LogP contribution in [0.1, 0.15) is 18.8 Å². The van der Waals surface area contributed by atoms with Crippen molar-refractivity contribution in [1.82, 2.24) is 9.55 Å². The minimum Gasteiger partial charge on any atom is -0.508 e. The van der Waals surface area contributed by atoms with Crippen molar-refractivity contribution >= 4 is 11.4 Å². The van der Waals surface area contributed by atoms with Crippen LogP contribution in [-0.2, 0) is 7.05 Å². The Hall–Kier alpha value is -2.57. The lowest BCUT2D eigenvalue weighted by molar-refractivity contribution is -0.384. The molecule has 1 atom stereocenters. The van der Waals surface area contributed by atoms with E-state index >= 15 is 0 Å². The van der Waals surface area contributed by atoms with Gasteiger partial charge in [-0.15, -0.1) is 0 Å². The molecule has 2 rings (SSSR count). The van der Waals surface area contributed by atoms with Crippen molar-refractivity contribution in [2.24, 2.45) is 7.05 Å². The van der Waals surface area contributed by atoms with Gasteiger partial charge < -0.3 is 15.0 Å². The monoisotopic (exact) mass is 262 g/mol. The van der Waals surface area contributed by atoms with E-state index in [1.807, 2.05) is 18.5 Å². The van der Waals surface area contributed by atoms with E-state index in [1.165, 1.54) is 12.1 Å². The number of anilines is 1. The summed E-state index contributed by atoms with van der Waals surface area (Å²) >= 11 is 0. The number of hydrogen-bond acceptors (Lipinski definition) is 5. The van der Waals surface area contributed by atoms with E-state index in [-0.39, 0.29) is 17.5 Å². The number of imidazole rings is 1. The number of nitro groups is 1.